The van der Waals surface area contributed by atoms with E-state index in [1.807, 2.05) is 49.4 Å². The minimum Gasteiger partial charge on any atom is -0.300 e. The predicted octanol–water partition coefficient (Wildman–Crippen LogP) is 6.38. The van der Waals surface area contributed by atoms with Gasteiger partial charge in [-0.25, -0.2) is 8.42 Å². The molecule has 4 nitrogen and oxygen atoms in total. The summed E-state index contributed by atoms with van der Waals surface area (Å²) in [4.78, 5) is 3.01. The molecular formula is C30H36N2O2S. The summed E-state index contributed by atoms with van der Waals surface area (Å²) in [7, 11) is -3.65. The first-order valence-corrected chi connectivity index (χ1v) is 14.4. The zero-order valence-electron chi connectivity index (χ0n) is 20.6. The number of benzene rings is 3. The SMILES string of the molecule is Cc1ccc(S(=O)(=O)N(c2ccccc2)C2CCN([C@@H]3CCCC[C@@H]3c3ccccc3)CC2)cc1. The van der Waals surface area contributed by atoms with Gasteiger partial charge in [-0.15, -0.1) is 0 Å². The van der Waals surface area contributed by atoms with Crippen LogP contribution in [0.5, 0.6) is 0 Å². The Balaban J connectivity index is 1.37. The van der Waals surface area contributed by atoms with E-state index in [-0.39, 0.29) is 6.04 Å². The molecule has 1 saturated heterocycles. The lowest BCUT2D eigenvalue weighted by atomic mass is 9.78. The van der Waals surface area contributed by atoms with E-state index in [9.17, 15) is 8.42 Å². The summed E-state index contributed by atoms with van der Waals surface area (Å²) < 4.78 is 29.5. The largest absolute Gasteiger partial charge is 0.300 e. The summed E-state index contributed by atoms with van der Waals surface area (Å²) in [6.45, 7) is 3.85. The number of hydrogen-bond donors (Lipinski definition) is 0. The minimum atomic E-state index is -3.65. The average molecular weight is 489 g/mol. The first-order chi connectivity index (χ1) is 17.0. The predicted molar refractivity (Wildman–Crippen MR) is 143 cm³/mol. The molecule has 0 unspecified atom stereocenters. The Kier molecular flexibility index (Phi) is 7.26. The number of anilines is 1. The van der Waals surface area contributed by atoms with Crippen molar-refractivity contribution in [2.45, 2.75) is 68.3 Å². The molecule has 2 atom stereocenters. The quantitative estimate of drug-likeness (QED) is 0.404. The molecule has 35 heavy (non-hydrogen) atoms. The fraction of sp³-hybridized carbons (Fsp3) is 0.400. The highest BCUT2D eigenvalue weighted by Crippen LogP contribution is 2.38. The lowest BCUT2D eigenvalue weighted by Gasteiger charge is -2.45. The van der Waals surface area contributed by atoms with Crippen molar-refractivity contribution in [3.63, 3.8) is 0 Å². The number of para-hydroxylation sites is 1. The van der Waals surface area contributed by atoms with Crippen LogP contribution in [0.3, 0.4) is 0 Å². The molecule has 3 aromatic carbocycles. The third-order valence-corrected chi connectivity index (χ3v) is 9.74. The normalized spacial score (nSPS) is 22.1. The number of rotatable bonds is 6. The van der Waals surface area contributed by atoms with Gasteiger partial charge in [0.2, 0.25) is 0 Å². The van der Waals surface area contributed by atoms with Gasteiger partial charge in [-0.3, -0.25) is 9.21 Å². The van der Waals surface area contributed by atoms with E-state index in [2.05, 4.69) is 35.2 Å². The third-order valence-electron chi connectivity index (χ3n) is 7.85. The zero-order chi connectivity index (χ0) is 24.3. The molecule has 0 aromatic heterocycles. The first-order valence-electron chi connectivity index (χ1n) is 13.0. The van der Waals surface area contributed by atoms with Gasteiger partial charge in [-0.1, -0.05) is 79.1 Å². The van der Waals surface area contributed by atoms with E-state index < -0.39 is 10.0 Å². The van der Waals surface area contributed by atoms with Crippen LogP contribution in [0.15, 0.2) is 89.8 Å². The lowest BCUT2D eigenvalue weighted by molar-refractivity contribution is 0.107. The maximum Gasteiger partial charge on any atom is 0.264 e. The number of sulfonamides is 1. The van der Waals surface area contributed by atoms with E-state index in [4.69, 9.17) is 0 Å². The van der Waals surface area contributed by atoms with Crippen LogP contribution in [0.4, 0.5) is 5.69 Å². The second-order valence-corrected chi connectivity index (χ2v) is 11.9. The molecule has 0 amide bonds. The average Bonchev–Trinajstić information content (AvgIpc) is 2.90. The molecule has 0 bridgehead atoms. The topological polar surface area (TPSA) is 40.6 Å². The Morgan fingerprint density at radius 2 is 1.34 bits per heavy atom. The molecule has 1 saturated carbocycles. The van der Waals surface area contributed by atoms with Crippen molar-refractivity contribution in [1.82, 2.24) is 4.90 Å². The molecule has 1 aliphatic carbocycles. The summed E-state index contributed by atoms with van der Waals surface area (Å²) >= 11 is 0. The number of nitrogens with zero attached hydrogens (tertiary/aromatic N) is 2. The van der Waals surface area contributed by atoms with E-state index in [1.54, 1.807) is 16.4 Å². The van der Waals surface area contributed by atoms with Crippen LogP contribution in [-0.2, 0) is 10.0 Å². The standard InChI is InChI=1S/C30H36N2O2S/c1-24-16-18-28(19-17-24)35(33,34)32(26-12-6-3-7-13-26)27-20-22-31(23-21-27)30-15-9-8-14-29(30)25-10-4-2-5-11-25/h2-7,10-13,16-19,27,29-30H,8-9,14-15,20-23H2,1H3/t29-,30-/m1/s1. The van der Waals surface area contributed by atoms with Gasteiger partial charge in [0.05, 0.1) is 10.6 Å². The highest BCUT2D eigenvalue weighted by atomic mass is 32.2. The van der Waals surface area contributed by atoms with Crippen LogP contribution in [0.2, 0.25) is 0 Å². The van der Waals surface area contributed by atoms with Crippen LogP contribution in [0.1, 0.15) is 55.6 Å². The van der Waals surface area contributed by atoms with E-state index >= 15 is 0 Å². The fourth-order valence-corrected chi connectivity index (χ4v) is 7.74. The maximum absolute atomic E-state index is 13.9. The summed E-state index contributed by atoms with van der Waals surface area (Å²) in [5, 5.41) is 0. The monoisotopic (exact) mass is 488 g/mol. The Labute approximate surface area is 210 Å². The molecule has 0 radical (unpaired) electrons. The van der Waals surface area contributed by atoms with E-state index in [0.717, 1.165) is 37.2 Å². The highest BCUT2D eigenvalue weighted by molar-refractivity contribution is 7.92. The van der Waals surface area contributed by atoms with E-state index in [1.165, 1.54) is 31.2 Å². The smallest absolute Gasteiger partial charge is 0.264 e. The molecule has 1 aliphatic heterocycles. The Morgan fingerprint density at radius 3 is 2.00 bits per heavy atom. The number of likely N-dealkylation sites (tertiary alicyclic amines) is 1. The molecule has 2 fully saturated rings. The van der Waals surface area contributed by atoms with Crippen molar-refractivity contribution in [2.24, 2.45) is 0 Å². The molecule has 1 heterocycles. The Morgan fingerprint density at radius 1 is 0.743 bits per heavy atom. The molecule has 5 heteroatoms. The second kappa shape index (κ2) is 10.5. The van der Waals surface area contributed by atoms with Crippen molar-refractivity contribution < 1.29 is 8.42 Å². The molecule has 2 aliphatic rings. The number of piperidine rings is 1. The second-order valence-electron chi connectivity index (χ2n) is 10.1. The van der Waals surface area contributed by atoms with Gasteiger partial charge in [0.15, 0.2) is 0 Å². The molecule has 0 spiro atoms. The summed E-state index contributed by atoms with van der Waals surface area (Å²) in [5.74, 6) is 0.572. The Hall–Kier alpha value is -2.63. The van der Waals surface area contributed by atoms with Gasteiger partial charge < -0.3 is 0 Å². The summed E-state index contributed by atoms with van der Waals surface area (Å²) in [6.07, 6.45) is 6.74. The fourth-order valence-electron chi connectivity index (χ4n) is 6.03. The first kappa shape index (κ1) is 24.1. The van der Waals surface area contributed by atoms with Gasteiger partial charge in [0.1, 0.15) is 0 Å². The summed E-state index contributed by atoms with van der Waals surface area (Å²) in [5.41, 5.74) is 3.27. The Bertz CT molecular complexity index is 1190. The molecule has 5 rings (SSSR count). The lowest BCUT2D eigenvalue weighted by Crippen LogP contribution is -2.51. The van der Waals surface area contributed by atoms with Gasteiger partial charge in [0, 0.05) is 25.2 Å². The van der Waals surface area contributed by atoms with Gasteiger partial charge >= 0.3 is 0 Å². The van der Waals surface area contributed by atoms with Crippen LogP contribution in [0.25, 0.3) is 0 Å². The van der Waals surface area contributed by atoms with Gasteiger partial charge in [-0.05, 0) is 68.4 Å². The van der Waals surface area contributed by atoms with Crippen molar-refractivity contribution in [2.75, 3.05) is 17.4 Å². The molecular weight excluding hydrogens is 452 g/mol. The van der Waals surface area contributed by atoms with E-state index in [0.29, 0.717) is 16.9 Å². The number of aryl methyl sites for hydroxylation is 1. The maximum atomic E-state index is 13.9. The van der Waals surface area contributed by atoms with Crippen LogP contribution in [0, 0.1) is 6.92 Å². The van der Waals surface area contributed by atoms with Crippen molar-refractivity contribution in [3.8, 4) is 0 Å². The van der Waals surface area contributed by atoms with Crippen LogP contribution in [-0.4, -0.2) is 38.5 Å². The van der Waals surface area contributed by atoms with Crippen molar-refractivity contribution in [1.29, 1.82) is 0 Å². The number of hydrogen-bond acceptors (Lipinski definition) is 3. The molecule has 3 aromatic rings. The van der Waals surface area contributed by atoms with Gasteiger partial charge in [-0.2, -0.15) is 0 Å². The highest BCUT2D eigenvalue weighted by Gasteiger charge is 2.38. The molecule has 184 valence electrons. The zero-order valence-corrected chi connectivity index (χ0v) is 21.4. The summed E-state index contributed by atoms with van der Waals surface area (Å²) in [6, 6.07) is 28.3. The van der Waals surface area contributed by atoms with Crippen LogP contribution >= 0.6 is 0 Å². The van der Waals surface area contributed by atoms with Crippen molar-refractivity contribution >= 4 is 15.7 Å². The van der Waals surface area contributed by atoms with Gasteiger partial charge in [0.25, 0.3) is 10.0 Å². The molecule has 0 N–H and O–H groups in total. The van der Waals surface area contributed by atoms with Crippen LogP contribution < -0.4 is 4.31 Å². The third kappa shape index (κ3) is 5.17. The minimum absolute atomic E-state index is 0.0429. The van der Waals surface area contributed by atoms with Crippen molar-refractivity contribution in [3.05, 3.63) is 96.1 Å².